The van der Waals surface area contributed by atoms with Crippen LogP contribution >= 0.6 is 0 Å². The van der Waals surface area contributed by atoms with Crippen molar-refractivity contribution in [2.24, 2.45) is 0 Å². The van der Waals surface area contributed by atoms with Gasteiger partial charge in [-0.15, -0.1) is 0 Å². The molecule has 3 heterocycles. The van der Waals surface area contributed by atoms with E-state index in [9.17, 15) is 14.4 Å². The molecule has 5 rings (SSSR count). The number of nitrogens with one attached hydrogen (secondary N) is 2. The van der Waals surface area contributed by atoms with Gasteiger partial charge in [0, 0.05) is 56.4 Å². The molecule has 3 aromatic rings. The zero-order chi connectivity index (χ0) is 22.8. The molecule has 0 aliphatic carbocycles. The number of aromatic nitrogens is 2. The monoisotopic (exact) mass is 447 g/mol. The number of benzene rings is 2. The molecule has 2 amide bonds. The average molecular weight is 448 g/mol. The van der Waals surface area contributed by atoms with Crippen molar-refractivity contribution in [3.05, 3.63) is 59.0 Å². The summed E-state index contributed by atoms with van der Waals surface area (Å²) >= 11 is 0. The summed E-state index contributed by atoms with van der Waals surface area (Å²) in [6.07, 6.45) is 3.70. The molecule has 2 N–H and O–H groups in total. The topological polar surface area (TPSA) is 90.4 Å². The maximum Gasteiger partial charge on any atom is 0.326 e. The molecule has 0 radical (unpaired) electrons. The summed E-state index contributed by atoms with van der Waals surface area (Å²) in [5.74, 6) is 0.139. The predicted molar refractivity (Wildman–Crippen MR) is 129 cm³/mol. The Kier molecular flexibility index (Phi) is 6.00. The van der Waals surface area contributed by atoms with Gasteiger partial charge in [-0.25, -0.2) is 4.79 Å². The first-order chi connectivity index (χ1) is 16.1. The second-order valence-corrected chi connectivity index (χ2v) is 8.88. The van der Waals surface area contributed by atoms with E-state index in [0.717, 1.165) is 61.3 Å². The Morgan fingerprint density at radius 3 is 2.48 bits per heavy atom. The third kappa shape index (κ3) is 4.57. The molecule has 2 fully saturated rings. The van der Waals surface area contributed by atoms with Crippen LogP contribution in [-0.4, -0.2) is 52.4 Å². The zero-order valence-electron chi connectivity index (χ0n) is 18.6. The maximum atomic E-state index is 12.4. The van der Waals surface area contributed by atoms with Gasteiger partial charge in [0.15, 0.2) is 0 Å². The van der Waals surface area contributed by atoms with Gasteiger partial charge in [-0.1, -0.05) is 12.1 Å². The Morgan fingerprint density at radius 1 is 1.00 bits per heavy atom. The Hall–Kier alpha value is -3.39. The van der Waals surface area contributed by atoms with E-state index in [2.05, 4.69) is 15.2 Å². The number of aromatic amines is 1. The third-order valence-corrected chi connectivity index (χ3v) is 6.74. The average Bonchev–Trinajstić information content (AvgIpc) is 3.40. The van der Waals surface area contributed by atoms with E-state index < -0.39 is 0 Å². The highest BCUT2D eigenvalue weighted by molar-refractivity contribution is 5.96. The summed E-state index contributed by atoms with van der Waals surface area (Å²) in [6, 6.07) is 15.5. The van der Waals surface area contributed by atoms with E-state index >= 15 is 0 Å². The number of hydrogen-bond donors (Lipinski definition) is 2. The number of piperidine rings is 1. The Bertz CT molecular complexity index is 1200. The summed E-state index contributed by atoms with van der Waals surface area (Å²) in [5, 5.41) is 2.95. The van der Waals surface area contributed by atoms with Crippen LogP contribution in [0.3, 0.4) is 0 Å². The van der Waals surface area contributed by atoms with Gasteiger partial charge in [-0.3, -0.25) is 14.2 Å². The van der Waals surface area contributed by atoms with Crippen molar-refractivity contribution >= 4 is 34.2 Å². The fourth-order valence-electron chi connectivity index (χ4n) is 4.97. The van der Waals surface area contributed by atoms with Gasteiger partial charge in [0.25, 0.3) is 0 Å². The number of rotatable bonds is 6. The SMILES string of the molecule is O=C(CCN1CCC(n2c(=O)[nH]c3ccccc32)CC1)Nc1ccc(N2CCCC2=O)cc1. The second-order valence-electron chi connectivity index (χ2n) is 8.88. The van der Waals surface area contributed by atoms with E-state index in [4.69, 9.17) is 0 Å². The maximum absolute atomic E-state index is 12.4. The second kappa shape index (κ2) is 9.23. The Morgan fingerprint density at radius 2 is 1.76 bits per heavy atom. The summed E-state index contributed by atoms with van der Waals surface area (Å²) in [6.45, 7) is 3.18. The van der Waals surface area contributed by atoms with Gasteiger partial charge in [-0.2, -0.15) is 0 Å². The van der Waals surface area contributed by atoms with Crippen molar-refractivity contribution in [2.75, 3.05) is 36.4 Å². The molecule has 2 aliphatic rings. The summed E-state index contributed by atoms with van der Waals surface area (Å²) in [5.41, 5.74) is 3.41. The first-order valence-electron chi connectivity index (χ1n) is 11.7. The lowest BCUT2D eigenvalue weighted by Crippen LogP contribution is -2.38. The van der Waals surface area contributed by atoms with Gasteiger partial charge in [0.1, 0.15) is 0 Å². The van der Waals surface area contributed by atoms with Gasteiger partial charge in [0.05, 0.1) is 11.0 Å². The fourth-order valence-corrected chi connectivity index (χ4v) is 4.97. The number of carbonyl (C=O) groups excluding carboxylic acids is 2. The van der Waals surface area contributed by atoms with Crippen LogP contribution in [0.15, 0.2) is 53.3 Å². The van der Waals surface area contributed by atoms with E-state index in [1.807, 2.05) is 53.1 Å². The molecule has 0 bridgehead atoms. The fraction of sp³-hybridized carbons (Fsp3) is 0.400. The molecule has 172 valence electrons. The number of hydrogen-bond acceptors (Lipinski definition) is 4. The van der Waals surface area contributed by atoms with Gasteiger partial charge in [0.2, 0.25) is 11.8 Å². The van der Waals surface area contributed by atoms with Gasteiger partial charge >= 0.3 is 5.69 Å². The molecule has 1 aromatic heterocycles. The van der Waals surface area contributed by atoms with Crippen LogP contribution < -0.4 is 15.9 Å². The Labute approximate surface area is 192 Å². The molecular weight excluding hydrogens is 418 g/mol. The van der Waals surface area contributed by atoms with E-state index in [-0.39, 0.29) is 23.5 Å². The highest BCUT2D eigenvalue weighted by Gasteiger charge is 2.24. The molecule has 2 saturated heterocycles. The van der Waals surface area contributed by atoms with Crippen molar-refractivity contribution in [1.82, 2.24) is 14.5 Å². The number of anilines is 2. The number of nitrogens with zero attached hydrogens (tertiary/aromatic N) is 3. The summed E-state index contributed by atoms with van der Waals surface area (Å²) in [7, 11) is 0. The molecule has 8 nitrogen and oxygen atoms in total. The highest BCUT2D eigenvalue weighted by atomic mass is 16.2. The van der Waals surface area contributed by atoms with Crippen LogP contribution in [0.1, 0.15) is 38.1 Å². The number of carbonyl (C=O) groups is 2. The summed E-state index contributed by atoms with van der Waals surface area (Å²) < 4.78 is 1.89. The van der Waals surface area contributed by atoms with Crippen LogP contribution in [0.4, 0.5) is 11.4 Å². The zero-order valence-corrected chi connectivity index (χ0v) is 18.6. The largest absolute Gasteiger partial charge is 0.326 e. The number of H-pyrrole nitrogens is 1. The molecule has 0 unspecified atom stereocenters. The minimum absolute atomic E-state index is 0.0185. The van der Waals surface area contributed by atoms with Crippen molar-refractivity contribution in [3.63, 3.8) is 0 Å². The summed E-state index contributed by atoms with van der Waals surface area (Å²) in [4.78, 5) is 43.8. The molecule has 0 atom stereocenters. The van der Waals surface area contributed by atoms with E-state index in [1.54, 1.807) is 4.90 Å². The Balaban J connectivity index is 1.10. The minimum atomic E-state index is -0.0471. The smallest absolute Gasteiger partial charge is 0.326 e. The molecule has 2 aromatic carbocycles. The first-order valence-corrected chi connectivity index (χ1v) is 11.7. The molecule has 0 spiro atoms. The van der Waals surface area contributed by atoms with Crippen molar-refractivity contribution < 1.29 is 9.59 Å². The first kappa shape index (κ1) is 21.5. The predicted octanol–water partition coefficient (Wildman–Crippen LogP) is 3.12. The molecule has 0 saturated carbocycles. The lowest BCUT2D eigenvalue weighted by Gasteiger charge is -2.32. The number of para-hydroxylation sites is 2. The third-order valence-electron chi connectivity index (χ3n) is 6.74. The van der Waals surface area contributed by atoms with Gasteiger partial charge in [-0.05, 0) is 55.7 Å². The molecule has 33 heavy (non-hydrogen) atoms. The van der Waals surface area contributed by atoms with Crippen molar-refractivity contribution in [1.29, 1.82) is 0 Å². The number of fused-ring (bicyclic) bond motifs is 1. The standard InChI is InChI=1S/C25H29N5O3/c31-23(26-18-7-9-19(10-8-18)29-14-3-6-24(29)32)13-17-28-15-11-20(12-16-28)30-22-5-2-1-4-21(22)27-25(30)33/h1-2,4-5,7-10,20H,3,6,11-17H2,(H,26,31)(H,27,33). The van der Waals surface area contributed by atoms with E-state index in [0.29, 0.717) is 19.4 Å². The van der Waals surface area contributed by atoms with E-state index in [1.165, 1.54) is 0 Å². The van der Waals surface area contributed by atoms with Crippen LogP contribution in [0.5, 0.6) is 0 Å². The number of amides is 2. The lowest BCUT2D eigenvalue weighted by atomic mass is 10.0. The molecular formula is C25H29N5O3. The number of imidazole rings is 1. The molecule has 8 heteroatoms. The van der Waals surface area contributed by atoms with Crippen molar-refractivity contribution in [3.8, 4) is 0 Å². The number of likely N-dealkylation sites (tertiary alicyclic amines) is 1. The van der Waals surface area contributed by atoms with Crippen molar-refractivity contribution in [2.45, 2.75) is 38.1 Å². The van der Waals surface area contributed by atoms with Crippen LogP contribution in [-0.2, 0) is 9.59 Å². The lowest BCUT2D eigenvalue weighted by molar-refractivity contribution is -0.117. The van der Waals surface area contributed by atoms with Gasteiger partial charge < -0.3 is 20.1 Å². The van der Waals surface area contributed by atoms with Crippen LogP contribution in [0.2, 0.25) is 0 Å². The van der Waals surface area contributed by atoms with Crippen LogP contribution in [0.25, 0.3) is 11.0 Å². The minimum Gasteiger partial charge on any atom is -0.326 e. The van der Waals surface area contributed by atoms with Crippen LogP contribution in [0, 0.1) is 0 Å². The molecule has 2 aliphatic heterocycles. The quantitative estimate of drug-likeness (QED) is 0.608. The highest BCUT2D eigenvalue weighted by Crippen LogP contribution is 2.25. The normalized spacial score (nSPS) is 17.7.